The van der Waals surface area contributed by atoms with Gasteiger partial charge in [-0.15, -0.1) is 0 Å². The number of hydrogen-bond donors (Lipinski definition) is 1. The molecule has 3 aromatic carbocycles. The lowest BCUT2D eigenvalue weighted by atomic mass is 10.1. The summed E-state index contributed by atoms with van der Waals surface area (Å²) in [5.74, 6) is 1.36. The zero-order valence-corrected chi connectivity index (χ0v) is 15.2. The van der Waals surface area contributed by atoms with Crippen molar-refractivity contribution >= 4 is 23.4 Å². The molecule has 5 heteroatoms. The highest BCUT2D eigenvalue weighted by Crippen LogP contribution is 2.37. The maximum absolute atomic E-state index is 13.1. The van der Waals surface area contributed by atoms with Gasteiger partial charge in [-0.1, -0.05) is 48.5 Å². The Morgan fingerprint density at radius 2 is 1.68 bits per heavy atom. The first-order valence-corrected chi connectivity index (χ1v) is 9.04. The maximum atomic E-state index is 13.1. The van der Waals surface area contributed by atoms with Gasteiger partial charge in [0.05, 0.1) is 12.2 Å². The number of para-hydroxylation sites is 1. The fourth-order valence-electron chi connectivity index (χ4n) is 3.03. The summed E-state index contributed by atoms with van der Waals surface area (Å²) in [6, 6.07) is 24.4. The Balaban J connectivity index is 1.60. The van der Waals surface area contributed by atoms with E-state index in [1.807, 2.05) is 60.7 Å². The van der Waals surface area contributed by atoms with Crippen LogP contribution in [0, 0.1) is 0 Å². The first kappa shape index (κ1) is 17.7. The highest BCUT2D eigenvalue weighted by molar-refractivity contribution is 6.10. The van der Waals surface area contributed by atoms with Crippen molar-refractivity contribution in [2.45, 2.75) is 0 Å². The lowest BCUT2D eigenvalue weighted by Gasteiger charge is -2.30. The van der Waals surface area contributed by atoms with Crippen molar-refractivity contribution in [3.8, 4) is 11.5 Å². The van der Waals surface area contributed by atoms with E-state index in [1.165, 1.54) is 0 Å². The summed E-state index contributed by atoms with van der Waals surface area (Å²) >= 11 is 0. The largest absolute Gasteiger partial charge is 0.492 e. The van der Waals surface area contributed by atoms with E-state index in [4.69, 9.17) is 15.2 Å². The second kappa shape index (κ2) is 7.88. The smallest absolute Gasteiger partial charge is 0.294 e. The minimum Gasteiger partial charge on any atom is -0.492 e. The Bertz CT molecular complexity index is 1000. The molecular weight excluding hydrogens is 352 g/mol. The minimum absolute atomic E-state index is 0.210. The number of carbonyl (C=O) groups is 1. The molecule has 0 unspecified atom stereocenters. The van der Waals surface area contributed by atoms with Gasteiger partial charge in [-0.2, -0.15) is 0 Å². The van der Waals surface area contributed by atoms with E-state index in [9.17, 15) is 4.79 Å². The standard InChI is InChI=1S/C23H20N2O3/c24-18-11-12-20-21(16-18)28-22(15-17-7-3-1-4-8-17)23(26)25(20)13-14-27-19-9-5-2-6-10-19/h1-12,15-16H,13-14,24H2/b22-15+. The summed E-state index contributed by atoms with van der Waals surface area (Å²) in [5, 5.41) is 0. The summed E-state index contributed by atoms with van der Waals surface area (Å²) in [6.45, 7) is 0.748. The molecule has 0 aromatic heterocycles. The number of nitrogens with zero attached hydrogens (tertiary/aromatic N) is 1. The third kappa shape index (κ3) is 3.83. The molecule has 0 fully saturated rings. The van der Waals surface area contributed by atoms with Gasteiger partial charge in [-0.05, 0) is 35.9 Å². The molecule has 140 valence electrons. The third-order valence-corrected chi connectivity index (χ3v) is 4.37. The van der Waals surface area contributed by atoms with Gasteiger partial charge < -0.3 is 15.2 Å². The zero-order valence-electron chi connectivity index (χ0n) is 15.2. The van der Waals surface area contributed by atoms with Gasteiger partial charge in [-0.3, -0.25) is 9.69 Å². The van der Waals surface area contributed by atoms with Gasteiger partial charge in [-0.25, -0.2) is 0 Å². The number of anilines is 2. The SMILES string of the molecule is Nc1ccc2c(c1)O/C(=C/c1ccccc1)C(=O)N2CCOc1ccccc1. The molecular formula is C23H20N2O3. The second-order valence-corrected chi connectivity index (χ2v) is 6.37. The van der Waals surface area contributed by atoms with Gasteiger partial charge in [0, 0.05) is 11.8 Å². The number of hydrogen-bond acceptors (Lipinski definition) is 4. The van der Waals surface area contributed by atoms with Crippen molar-refractivity contribution in [2.24, 2.45) is 0 Å². The molecule has 0 saturated carbocycles. The number of rotatable bonds is 5. The molecule has 0 radical (unpaired) electrons. The molecule has 1 aliphatic heterocycles. The molecule has 2 N–H and O–H groups in total. The van der Waals surface area contributed by atoms with Crippen molar-refractivity contribution in [1.29, 1.82) is 0 Å². The Morgan fingerprint density at radius 1 is 0.964 bits per heavy atom. The predicted molar refractivity (Wildman–Crippen MR) is 110 cm³/mol. The predicted octanol–water partition coefficient (Wildman–Crippen LogP) is 4.11. The van der Waals surface area contributed by atoms with E-state index < -0.39 is 0 Å². The third-order valence-electron chi connectivity index (χ3n) is 4.37. The topological polar surface area (TPSA) is 64.8 Å². The van der Waals surface area contributed by atoms with E-state index in [-0.39, 0.29) is 11.7 Å². The van der Waals surface area contributed by atoms with Crippen LogP contribution in [0.3, 0.4) is 0 Å². The van der Waals surface area contributed by atoms with Crippen molar-refractivity contribution in [1.82, 2.24) is 0 Å². The average molecular weight is 372 g/mol. The second-order valence-electron chi connectivity index (χ2n) is 6.37. The summed E-state index contributed by atoms with van der Waals surface area (Å²) in [7, 11) is 0. The van der Waals surface area contributed by atoms with Gasteiger partial charge in [0.25, 0.3) is 5.91 Å². The normalized spacial score (nSPS) is 14.5. The molecule has 0 spiro atoms. The molecule has 0 aliphatic carbocycles. The van der Waals surface area contributed by atoms with Crippen LogP contribution in [-0.2, 0) is 4.79 Å². The lowest BCUT2D eigenvalue weighted by molar-refractivity contribution is -0.117. The molecule has 0 bridgehead atoms. The van der Waals surface area contributed by atoms with Gasteiger partial charge >= 0.3 is 0 Å². The molecule has 0 saturated heterocycles. The fraction of sp³-hybridized carbons (Fsp3) is 0.0870. The van der Waals surface area contributed by atoms with E-state index in [0.717, 1.165) is 11.3 Å². The van der Waals surface area contributed by atoms with E-state index in [2.05, 4.69) is 0 Å². The van der Waals surface area contributed by atoms with E-state index >= 15 is 0 Å². The fourth-order valence-corrected chi connectivity index (χ4v) is 3.03. The molecule has 1 aliphatic rings. The highest BCUT2D eigenvalue weighted by Gasteiger charge is 2.30. The van der Waals surface area contributed by atoms with E-state index in [1.54, 1.807) is 29.2 Å². The van der Waals surface area contributed by atoms with E-state index in [0.29, 0.717) is 30.3 Å². The number of nitrogen functional groups attached to an aromatic ring is 1. The average Bonchev–Trinajstić information content (AvgIpc) is 2.72. The zero-order chi connectivity index (χ0) is 19.3. The Kier molecular flexibility index (Phi) is 4.97. The first-order chi connectivity index (χ1) is 13.7. The van der Waals surface area contributed by atoms with Crippen LogP contribution in [0.4, 0.5) is 11.4 Å². The van der Waals surface area contributed by atoms with Gasteiger partial charge in [0.15, 0.2) is 11.5 Å². The first-order valence-electron chi connectivity index (χ1n) is 9.04. The summed E-state index contributed by atoms with van der Waals surface area (Å²) < 4.78 is 11.6. The molecule has 3 aromatic rings. The van der Waals surface area contributed by atoms with Crippen LogP contribution in [0.15, 0.2) is 84.6 Å². The Morgan fingerprint density at radius 3 is 2.43 bits per heavy atom. The molecule has 4 rings (SSSR count). The summed E-state index contributed by atoms with van der Waals surface area (Å²) in [5.41, 5.74) is 8.05. The van der Waals surface area contributed by atoms with Crippen molar-refractivity contribution in [2.75, 3.05) is 23.8 Å². The van der Waals surface area contributed by atoms with Crippen LogP contribution < -0.4 is 20.1 Å². The molecule has 5 nitrogen and oxygen atoms in total. The Labute approximate surface area is 163 Å². The van der Waals surface area contributed by atoms with Gasteiger partial charge in [0.2, 0.25) is 0 Å². The molecule has 1 amide bonds. The number of ether oxygens (including phenoxy) is 2. The van der Waals surface area contributed by atoms with Crippen LogP contribution in [0.5, 0.6) is 11.5 Å². The van der Waals surface area contributed by atoms with Crippen LogP contribution >= 0.6 is 0 Å². The van der Waals surface area contributed by atoms with Crippen molar-refractivity contribution in [3.05, 3.63) is 90.2 Å². The number of benzene rings is 3. The molecule has 28 heavy (non-hydrogen) atoms. The molecule has 0 atom stereocenters. The Hall–Kier alpha value is -3.73. The summed E-state index contributed by atoms with van der Waals surface area (Å²) in [6.07, 6.45) is 1.74. The van der Waals surface area contributed by atoms with Crippen molar-refractivity contribution in [3.63, 3.8) is 0 Å². The minimum atomic E-state index is -0.210. The number of carbonyl (C=O) groups excluding carboxylic acids is 1. The van der Waals surface area contributed by atoms with Crippen molar-refractivity contribution < 1.29 is 14.3 Å². The monoisotopic (exact) mass is 372 g/mol. The van der Waals surface area contributed by atoms with Crippen LogP contribution in [0.25, 0.3) is 6.08 Å². The molecule has 1 heterocycles. The van der Waals surface area contributed by atoms with Gasteiger partial charge in [0.1, 0.15) is 12.4 Å². The maximum Gasteiger partial charge on any atom is 0.294 e. The quantitative estimate of drug-likeness (QED) is 0.541. The summed E-state index contributed by atoms with van der Waals surface area (Å²) in [4.78, 5) is 14.7. The van der Waals surface area contributed by atoms with Crippen LogP contribution in [0.2, 0.25) is 0 Å². The number of amides is 1. The highest BCUT2D eigenvalue weighted by atomic mass is 16.5. The lowest BCUT2D eigenvalue weighted by Crippen LogP contribution is -2.40. The number of nitrogens with two attached hydrogens (primary N) is 1. The van der Waals surface area contributed by atoms with Crippen LogP contribution in [-0.4, -0.2) is 19.1 Å². The number of fused-ring (bicyclic) bond motifs is 1. The van der Waals surface area contributed by atoms with Crippen LogP contribution in [0.1, 0.15) is 5.56 Å².